The number of nitrogens with zero attached hydrogens (tertiary/aromatic N) is 2. The summed E-state index contributed by atoms with van der Waals surface area (Å²) in [6.07, 6.45) is 0. The van der Waals surface area contributed by atoms with Crippen LogP contribution in [0.2, 0.25) is 0 Å². The van der Waals surface area contributed by atoms with Crippen LogP contribution in [0.4, 0.5) is 15.2 Å². The maximum atomic E-state index is 14.0. The Hall–Kier alpha value is -3.11. The lowest BCUT2D eigenvalue weighted by Crippen LogP contribution is -2.13. The van der Waals surface area contributed by atoms with Crippen LogP contribution in [-0.2, 0) is 0 Å². The number of carbonyl (C=O) groups is 2. The van der Waals surface area contributed by atoms with Gasteiger partial charge in [0.15, 0.2) is 10.9 Å². The molecule has 0 aliphatic rings. The van der Waals surface area contributed by atoms with E-state index in [-0.39, 0.29) is 32.8 Å². The Kier molecular flexibility index (Phi) is 5.81. The van der Waals surface area contributed by atoms with Crippen molar-refractivity contribution in [1.82, 2.24) is 4.98 Å². The first-order chi connectivity index (χ1) is 13.3. The smallest absolute Gasteiger partial charge is 0.270 e. The number of Topliss-reactive ketones (excluding diaryl/α,β-unsaturated/α-hetero) is 1. The van der Waals surface area contributed by atoms with E-state index in [0.29, 0.717) is 4.90 Å². The molecule has 0 aliphatic carbocycles. The second-order valence-corrected chi connectivity index (χ2v) is 7.46. The summed E-state index contributed by atoms with van der Waals surface area (Å²) >= 11 is 2.04. The lowest BCUT2D eigenvalue weighted by Gasteiger charge is -2.09. The minimum atomic E-state index is -0.646. The number of aromatic nitrogens is 1. The normalized spacial score (nSPS) is 10.5. The highest BCUT2D eigenvalue weighted by molar-refractivity contribution is 7.99. The fraction of sp³-hybridized carbons (Fsp3) is 0.0556. The van der Waals surface area contributed by atoms with E-state index in [1.54, 1.807) is 12.1 Å². The molecule has 0 aliphatic heterocycles. The van der Waals surface area contributed by atoms with Crippen molar-refractivity contribution >= 4 is 45.6 Å². The van der Waals surface area contributed by atoms with Gasteiger partial charge in [0.2, 0.25) is 0 Å². The van der Waals surface area contributed by atoms with Gasteiger partial charge in [-0.15, -0.1) is 11.3 Å². The van der Waals surface area contributed by atoms with Crippen LogP contribution in [0.25, 0.3) is 0 Å². The number of benzene rings is 2. The topological polar surface area (TPSA) is 102 Å². The number of nitro groups is 1. The van der Waals surface area contributed by atoms with E-state index in [1.165, 1.54) is 36.6 Å². The minimum absolute atomic E-state index is 0.00188. The van der Waals surface area contributed by atoms with Crippen molar-refractivity contribution in [3.05, 3.63) is 75.0 Å². The monoisotopic (exact) mass is 417 g/mol. The van der Waals surface area contributed by atoms with Gasteiger partial charge < -0.3 is 0 Å². The molecule has 0 spiro atoms. The van der Waals surface area contributed by atoms with E-state index in [9.17, 15) is 24.1 Å². The lowest BCUT2D eigenvalue weighted by molar-refractivity contribution is -0.384. The van der Waals surface area contributed by atoms with Crippen molar-refractivity contribution in [2.75, 3.05) is 5.32 Å². The van der Waals surface area contributed by atoms with Crippen LogP contribution in [0.5, 0.6) is 0 Å². The summed E-state index contributed by atoms with van der Waals surface area (Å²) < 4.78 is 14.0. The van der Waals surface area contributed by atoms with Crippen molar-refractivity contribution in [2.24, 2.45) is 0 Å². The molecule has 1 N–H and O–H groups in total. The van der Waals surface area contributed by atoms with Crippen molar-refractivity contribution < 1.29 is 18.9 Å². The molecular weight excluding hydrogens is 405 g/mol. The van der Waals surface area contributed by atoms with Crippen LogP contribution in [0.3, 0.4) is 0 Å². The van der Waals surface area contributed by atoms with E-state index >= 15 is 0 Å². The molecule has 0 fully saturated rings. The number of amides is 1. The van der Waals surface area contributed by atoms with Crippen LogP contribution >= 0.6 is 23.1 Å². The Morgan fingerprint density at radius 3 is 2.61 bits per heavy atom. The minimum Gasteiger partial charge on any atom is -0.298 e. The lowest BCUT2D eigenvalue weighted by atomic mass is 10.2. The second-order valence-electron chi connectivity index (χ2n) is 5.52. The van der Waals surface area contributed by atoms with Crippen molar-refractivity contribution in [3.63, 3.8) is 0 Å². The highest BCUT2D eigenvalue weighted by Gasteiger charge is 2.20. The van der Waals surface area contributed by atoms with Crippen LogP contribution < -0.4 is 5.32 Å². The van der Waals surface area contributed by atoms with E-state index in [0.717, 1.165) is 29.2 Å². The van der Waals surface area contributed by atoms with Gasteiger partial charge in [-0.25, -0.2) is 9.37 Å². The third-order valence-electron chi connectivity index (χ3n) is 3.56. The molecule has 3 aromatic rings. The molecular formula is C18H12FN3O4S2. The van der Waals surface area contributed by atoms with Gasteiger partial charge in [0, 0.05) is 34.2 Å². The molecule has 28 heavy (non-hydrogen) atoms. The molecule has 0 unspecified atom stereocenters. The Labute approximate surface area is 166 Å². The quantitative estimate of drug-likeness (QED) is 0.351. The third kappa shape index (κ3) is 4.41. The molecule has 142 valence electrons. The zero-order valence-electron chi connectivity index (χ0n) is 14.3. The highest BCUT2D eigenvalue weighted by Crippen LogP contribution is 2.34. The van der Waals surface area contributed by atoms with Gasteiger partial charge >= 0.3 is 0 Å². The Balaban J connectivity index is 1.95. The number of nitrogens with one attached hydrogen (secondary N) is 1. The molecule has 0 saturated heterocycles. The molecule has 3 rings (SSSR count). The molecule has 7 nitrogen and oxygen atoms in total. The molecule has 1 heterocycles. The summed E-state index contributed by atoms with van der Waals surface area (Å²) in [6, 6.07) is 9.78. The number of thiazole rings is 1. The first-order valence-electron chi connectivity index (χ1n) is 7.84. The summed E-state index contributed by atoms with van der Waals surface area (Å²) in [5.41, 5.74) is -0.0612. The molecule has 0 atom stereocenters. The molecule has 0 radical (unpaired) electrons. The summed E-state index contributed by atoms with van der Waals surface area (Å²) in [7, 11) is 0. The van der Waals surface area contributed by atoms with Crippen LogP contribution in [0.1, 0.15) is 27.8 Å². The van der Waals surface area contributed by atoms with Crippen LogP contribution in [0.15, 0.2) is 57.6 Å². The molecule has 2 aromatic carbocycles. The average Bonchev–Trinajstić information content (AvgIpc) is 3.12. The van der Waals surface area contributed by atoms with Gasteiger partial charge in [0.1, 0.15) is 11.5 Å². The number of ketones is 1. The standard InChI is InChI=1S/C18H12FN3O4S2/c1-10(23)14-9-27-18(20-14)21-17(24)12-8-11(22(25)26)6-7-15(12)28-16-5-3-2-4-13(16)19/h2-9H,1H3,(H,20,21,24). The van der Waals surface area contributed by atoms with Crippen molar-refractivity contribution in [2.45, 2.75) is 16.7 Å². The molecule has 1 aromatic heterocycles. The first kappa shape index (κ1) is 19.6. The molecule has 1 amide bonds. The third-order valence-corrected chi connectivity index (χ3v) is 5.45. The number of anilines is 1. The van der Waals surface area contributed by atoms with E-state index in [4.69, 9.17) is 0 Å². The zero-order valence-corrected chi connectivity index (χ0v) is 16.0. The molecule has 0 saturated carbocycles. The fourth-order valence-corrected chi connectivity index (χ4v) is 3.89. The van der Waals surface area contributed by atoms with E-state index in [1.807, 2.05) is 0 Å². The summed E-state index contributed by atoms with van der Waals surface area (Å²) in [5.74, 6) is -1.36. The largest absolute Gasteiger partial charge is 0.298 e. The van der Waals surface area contributed by atoms with Gasteiger partial charge in [0.25, 0.3) is 11.6 Å². The van der Waals surface area contributed by atoms with Crippen LogP contribution in [-0.4, -0.2) is 21.6 Å². The maximum absolute atomic E-state index is 14.0. The van der Waals surface area contributed by atoms with Crippen LogP contribution in [0, 0.1) is 15.9 Å². The van der Waals surface area contributed by atoms with Gasteiger partial charge in [-0.05, 0) is 18.2 Å². The maximum Gasteiger partial charge on any atom is 0.270 e. The number of halogens is 1. The Morgan fingerprint density at radius 1 is 1.21 bits per heavy atom. The second kappa shape index (κ2) is 8.28. The number of non-ortho nitro benzene ring substituents is 1. The predicted molar refractivity (Wildman–Crippen MR) is 104 cm³/mol. The Bertz CT molecular complexity index is 1080. The highest BCUT2D eigenvalue weighted by atomic mass is 32.2. The van der Waals surface area contributed by atoms with Gasteiger partial charge in [-0.2, -0.15) is 0 Å². The number of nitro benzene ring substituents is 1. The van der Waals surface area contributed by atoms with E-state index in [2.05, 4.69) is 10.3 Å². The summed E-state index contributed by atoms with van der Waals surface area (Å²) in [5, 5.41) is 15.3. The van der Waals surface area contributed by atoms with Crippen molar-refractivity contribution in [1.29, 1.82) is 0 Å². The molecule has 0 bridgehead atoms. The van der Waals surface area contributed by atoms with Gasteiger partial charge in [0.05, 0.1) is 10.5 Å². The number of rotatable bonds is 6. The number of carbonyl (C=O) groups excluding carboxylic acids is 2. The Morgan fingerprint density at radius 2 is 1.96 bits per heavy atom. The van der Waals surface area contributed by atoms with E-state index < -0.39 is 16.6 Å². The fourth-order valence-electron chi connectivity index (χ4n) is 2.20. The SMILES string of the molecule is CC(=O)c1csc(NC(=O)c2cc([N+](=O)[O-])ccc2Sc2ccccc2F)n1. The van der Waals surface area contributed by atoms with Gasteiger partial charge in [-0.1, -0.05) is 23.9 Å². The average molecular weight is 417 g/mol. The van der Waals surface area contributed by atoms with Crippen molar-refractivity contribution in [3.8, 4) is 0 Å². The number of hydrogen-bond acceptors (Lipinski definition) is 7. The number of hydrogen-bond donors (Lipinski definition) is 1. The predicted octanol–water partition coefficient (Wildman–Crippen LogP) is 4.80. The zero-order chi connectivity index (χ0) is 20.3. The summed E-state index contributed by atoms with van der Waals surface area (Å²) in [6.45, 7) is 1.35. The summed E-state index contributed by atoms with van der Waals surface area (Å²) in [4.78, 5) is 39.1. The van der Waals surface area contributed by atoms with Gasteiger partial charge in [-0.3, -0.25) is 25.0 Å². The molecule has 10 heteroatoms. The first-order valence-corrected chi connectivity index (χ1v) is 9.53.